The molecule has 0 unspecified atom stereocenters. The number of hydrogen-bond donors (Lipinski definition) is 4. The van der Waals surface area contributed by atoms with Crippen molar-refractivity contribution in [1.29, 1.82) is 0 Å². The third kappa shape index (κ3) is 4.21. The number of aromatic nitrogens is 2. The molecule has 122 valence electrons. The first kappa shape index (κ1) is 16.2. The molecule has 0 aliphatic heterocycles. The summed E-state index contributed by atoms with van der Waals surface area (Å²) in [6.07, 6.45) is 0.116. The average Bonchev–Trinajstić information content (AvgIpc) is 2.97. The average molecular weight is 360 g/mol. The lowest BCUT2D eigenvalue weighted by Crippen LogP contribution is -2.44. The smallest absolute Gasteiger partial charge is 0.245 e. The van der Waals surface area contributed by atoms with Crippen molar-refractivity contribution in [1.82, 2.24) is 20.8 Å². The van der Waals surface area contributed by atoms with E-state index in [0.717, 1.165) is 16.7 Å². The van der Waals surface area contributed by atoms with Crippen LogP contribution in [0.1, 0.15) is 5.82 Å². The zero-order valence-electron chi connectivity index (χ0n) is 12.5. The van der Waals surface area contributed by atoms with Crippen molar-refractivity contribution in [3.63, 3.8) is 0 Å². The van der Waals surface area contributed by atoms with Crippen LogP contribution in [0.5, 0.6) is 0 Å². The number of aromatic amines is 1. The molecule has 0 saturated carbocycles. The van der Waals surface area contributed by atoms with Crippen LogP contribution in [0.4, 0.5) is 5.69 Å². The highest BCUT2D eigenvalue weighted by Crippen LogP contribution is 2.13. The second-order valence-corrected chi connectivity index (χ2v) is 5.86. The van der Waals surface area contributed by atoms with Crippen molar-refractivity contribution in [2.45, 2.75) is 6.42 Å². The number of amides is 1. The molecule has 1 heterocycles. The fourth-order valence-corrected chi connectivity index (χ4v) is 2.40. The third-order valence-electron chi connectivity index (χ3n) is 3.18. The van der Waals surface area contributed by atoms with E-state index < -0.39 is 0 Å². The number of nitrogens with zero attached hydrogens (tertiary/aromatic N) is 1. The van der Waals surface area contributed by atoms with Gasteiger partial charge < -0.3 is 10.3 Å². The van der Waals surface area contributed by atoms with E-state index >= 15 is 0 Å². The molecule has 6 nitrogen and oxygen atoms in total. The van der Waals surface area contributed by atoms with Crippen LogP contribution in [-0.4, -0.2) is 21.0 Å². The van der Waals surface area contributed by atoms with E-state index in [1.807, 2.05) is 24.3 Å². The Morgan fingerprint density at radius 1 is 1.12 bits per heavy atom. The number of fused-ring (bicyclic) bond motifs is 1. The van der Waals surface area contributed by atoms with Crippen LogP contribution in [0.3, 0.4) is 0 Å². The Morgan fingerprint density at radius 2 is 1.88 bits per heavy atom. The standard InChI is InChI=1S/C16H14ClN5OS/c17-10-5-7-11(8-6-10)18-16(24)22-21-15(23)9-14-19-12-3-1-2-4-13(12)20-14/h1-8H,9H2,(H,19,20)(H,21,23)(H2,18,22,24). The van der Waals surface area contributed by atoms with E-state index in [9.17, 15) is 4.79 Å². The minimum atomic E-state index is -0.255. The number of benzene rings is 2. The monoisotopic (exact) mass is 359 g/mol. The number of hydrazine groups is 1. The van der Waals surface area contributed by atoms with Crippen LogP contribution in [-0.2, 0) is 11.2 Å². The number of thiocarbonyl (C=S) groups is 1. The van der Waals surface area contributed by atoms with Gasteiger partial charge in [-0.15, -0.1) is 0 Å². The van der Waals surface area contributed by atoms with Crippen LogP contribution >= 0.6 is 23.8 Å². The second kappa shape index (κ2) is 7.29. The first-order chi connectivity index (χ1) is 11.6. The number of para-hydroxylation sites is 2. The summed E-state index contributed by atoms with van der Waals surface area (Å²) in [4.78, 5) is 19.4. The number of carbonyl (C=O) groups is 1. The van der Waals surface area contributed by atoms with Crippen molar-refractivity contribution in [2.75, 3.05) is 5.32 Å². The lowest BCUT2D eigenvalue weighted by atomic mass is 10.3. The molecule has 1 amide bonds. The van der Waals surface area contributed by atoms with Gasteiger partial charge >= 0.3 is 0 Å². The fourth-order valence-electron chi connectivity index (χ4n) is 2.11. The van der Waals surface area contributed by atoms with Crippen LogP contribution in [0.25, 0.3) is 11.0 Å². The van der Waals surface area contributed by atoms with Crippen molar-refractivity contribution in [3.05, 3.63) is 59.4 Å². The number of imidazole rings is 1. The summed E-state index contributed by atoms with van der Waals surface area (Å²) in [5, 5.41) is 3.84. The Bertz CT molecular complexity index is 845. The Hall–Kier alpha value is -2.64. The van der Waals surface area contributed by atoms with Crippen LogP contribution in [0.15, 0.2) is 48.5 Å². The van der Waals surface area contributed by atoms with Gasteiger partial charge in [0.1, 0.15) is 5.82 Å². The summed E-state index contributed by atoms with van der Waals surface area (Å²) in [5.74, 6) is 0.335. The van der Waals surface area contributed by atoms with E-state index in [-0.39, 0.29) is 17.4 Å². The molecule has 8 heteroatoms. The van der Waals surface area contributed by atoms with Gasteiger partial charge in [-0.1, -0.05) is 23.7 Å². The lowest BCUT2D eigenvalue weighted by molar-refractivity contribution is -0.121. The van der Waals surface area contributed by atoms with E-state index in [2.05, 4.69) is 26.1 Å². The van der Waals surface area contributed by atoms with Gasteiger partial charge in [0.15, 0.2) is 5.11 Å². The highest BCUT2D eigenvalue weighted by atomic mass is 35.5. The van der Waals surface area contributed by atoms with Gasteiger partial charge in [-0.05, 0) is 48.6 Å². The number of hydrogen-bond acceptors (Lipinski definition) is 3. The van der Waals surface area contributed by atoms with Gasteiger partial charge in [-0.25, -0.2) is 4.98 Å². The number of rotatable bonds is 3. The number of nitrogens with one attached hydrogen (secondary N) is 4. The van der Waals surface area contributed by atoms with Gasteiger partial charge in [0, 0.05) is 10.7 Å². The summed E-state index contributed by atoms with van der Waals surface area (Å²) in [6, 6.07) is 14.7. The number of H-pyrrole nitrogens is 1. The maximum Gasteiger partial charge on any atom is 0.245 e. The molecule has 0 aliphatic rings. The molecule has 0 bridgehead atoms. The predicted molar refractivity (Wildman–Crippen MR) is 98.7 cm³/mol. The Morgan fingerprint density at radius 3 is 2.62 bits per heavy atom. The summed E-state index contributed by atoms with van der Waals surface area (Å²) in [6.45, 7) is 0. The molecule has 3 rings (SSSR count). The van der Waals surface area contributed by atoms with E-state index in [0.29, 0.717) is 10.8 Å². The molecule has 0 saturated heterocycles. The predicted octanol–water partition coefficient (Wildman–Crippen LogP) is 2.78. The van der Waals surface area contributed by atoms with E-state index in [1.165, 1.54) is 0 Å². The normalized spacial score (nSPS) is 10.4. The Balaban J connectivity index is 1.49. The first-order valence-electron chi connectivity index (χ1n) is 7.15. The molecular formula is C16H14ClN5OS. The third-order valence-corrected chi connectivity index (χ3v) is 3.64. The topological polar surface area (TPSA) is 81.8 Å². The molecule has 0 fully saturated rings. The van der Waals surface area contributed by atoms with Gasteiger partial charge in [0.2, 0.25) is 5.91 Å². The molecule has 3 aromatic rings. The molecule has 1 aromatic heterocycles. The maximum atomic E-state index is 12.0. The lowest BCUT2D eigenvalue weighted by Gasteiger charge is -2.11. The summed E-state index contributed by atoms with van der Waals surface area (Å²) in [7, 11) is 0. The molecular weight excluding hydrogens is 346 g/mol. The Kier molecular flexibility index (Phi) is 4.93. The second-order valence-electron chi connectivity index (χ2n) is 5.01. The summed E-state index contributed by atoms with van der Waals surface area (Å²) in [5.41, 5.74) is 7.66. The molecule has 0 aliphatic carbocycles. The zero-order chi connectivity index (χ0) is 16.9. The number of halogens is 1. The van der Waals surface area contributed by atoms with Crippen molar-refractivity contribution in [3.8, 4) is 0 Å². The summed E-state index contributed by atoms with van der Waals surface area (Å²) >= 11 is 10.9. The molecule has 0 radical (unpaired) electrons. The van der Waals surface area contributed by atoms with Gasteiger partial charge in [0.05, 0.1) is 17.5 Å². The van der Waals surface area contributed by atoms with Crippen molar-refractivity contribution in [2.24, 2.45) is 0 Å². The summed E-state index contributed by atoms with van der Waals surface area (Å²) < 4.78 is 0. The van der Waals surface area contributed by atoms with Crippen LogP contribution in [0, 0.1) is 0 Å². The quantitative estimate of drug-likeness (QED) is 0.427. The number of anilines is 1. The van der Waals surface area contributed by atoms with E-state index in [4.69, 9.17) is 23.8 Å². The molecule has 24 heavy (non-hydrogen) atoms. The minimum absolute atomic E-state index is 0.116. The first-order valence-corrected chi connectivity index (χ1v) is 7.94. The molecule has 2 aromatic carbocycles. The van der Waals surface area contributed by atoms with Crippen LogP contribution in [0.2, 0.25) is 5.02 Å². The highest BCUT2D eigenvalue weighted by Gasteiger charge is 2.08. The highest BCUT2D eigenvalue weighted by molar-refractivity contribution is 7.80. The van der Waals surface area contributed by atoms with E-state index in [1.54, 1.807) is 24.3 Å². The van der Waals surface area contributed by atoms with Crippen LogP contribution < -0.4 is 16.2 Å². The zero-order valence-corrected chi connectivity index (χ0v) is 14.0. The molecule has 0 atom stereocenters. The van der Waals surface area contributed by atoms with Crippen molar-refractivity contribution >= 4 is 51.6 Å². The Labute approximate surface area is 148 Å². The van der Waals surface area contributed by atoms with Gasteiger partial charge in [-0.2, -0.15) is 0 Å². The number of carbonyl (C=O) groups excluding carboxylic acids is 1. The molecule has 0 spiro atoms. The van der Waals surface area contributed by atoms with Crippen molar-refractivity contribution < 1.29 is 4.79 Å². The SMILES string of the molecule is O=C(Cc1nc2ccccc2[nH]1)NNC(=S)Nc1ccc(Cl)cc1. The molecule has 4 N–H and O–H groups in total. The van der Waals surface area contributed by atoms with Gasteiger partial charge in [0.25, 0.3) is 0 Å². The largest absolute Gasteiger partial charge is 0.342 e. The van der Waals surface area contributed by atoms with Gasteiger partial charge in [-0.3, -0.25) is 15.6 Å². The fraction of sp³-hybridized carbons (Fsp3) is 0.0625. The maximum absolute atomic E-state index is 12.0. The minimum Gasteiger partial charge on any atom is -0.342 e.